The summed E-state index contributed by atoms with van der Waals surface area (Å²) in [7, 11) is 1.79. The number of carbonyl (C=O) groups excluding carboxylic acids is 1. The van der Waals surface area contributed by atoms with E-state index in [2.05, 4.69) is 5.32 Å². The average molecular weight is 321 g/mol. The van der Waals surface area contributed by atoms with Gasteiger partial charge in [0.05, 0.1) is 6.61 Å². The van der Waals surface area contributed by atoms with Crippen molar-refractivity contribution in [2.45, 2.75) is 6.92 Å². The lowest BCUT2D eigenvalue weighted by Gasteiger charge is -2.14. The van der Waals surface area contributed by atoms with Crippen LogP contribution >= 0.6 is 0 Å². The Labute approximate surface area is 141 Å². The normalized spacial score (nSPS) is 10.6. The predicted octanol–water partition coefficient (Wildman–Crippen LogP) is 3.57. The molecule has 5 heteroatoms. The Morgan fingerprint density at radius 2 is 1.88 bits per heavy atom. The molecule has 1 amide bonds. The van der Waals surface area contributed by atoms with Gasteiger partial charge in [-0.15, -0.1) is 0 Å². The minimum atomic E-state index is -0.454. The van der Waals surface area contributed by atoms with Gasteiger partial charge in [-0.2, -0.15) is 5.26 Å². The van der Waals surface area contributed by atoms with Crippen molar-refractivity contribution < 1.29 is 9.53 Å². The number of ether oxygens (including phenoxy) is 1. The molecule has 0 bridgehead atoms. The van der Waals surface area contributed by atoms with Crippen LogP contribution in [0.2, 0.25) is 0 Å². The van der Waals surface area contributed by atoms with Gasteiger partial charge in [-0.1, -0.05) is 18.2 Å². The minimum Gasteiger partial charge on any atom is -0.494 e. The smallest absolute Gasteiger partial charge is 0.267 e. The number of hydrogen-bond donors (Lipinski definition) is 1. The largest absolute Gasteiger partial charge is 0.494 e. The number of benzene rings is 2. The summed E-state index contributed by atoms with van der Waals surface area (Å²) in [6, 6.07) is 18.4. The standard InChI is InChI=1S/C19H19N3O2/c1-3-24-18-11-9-16(10-12-18)21-19(23)15(13-20)14-22(2)17-7-5-4-6-8-17/h4-12,14H,3H2,1-2H3,(H,21,23)/b15-14-. The van der Waals surface area contributed by atoms with E-state index in [4.69, 9.17) is 4.74 Å². The number of hydrogen-bond acceptors (Lipinski definition) is 4. The van der Waals surface area contributed by atoms with Crippen LogP contribution in [0.5, 0.6) is 5.75 Å². The van der Waals surface area contributed by atoms with Crippen LogP contribution in [-0.2, 0) is 4.79 Å². The highest BCUT2D eigenvalue weighted by Gasteiger charge is 2.11. The molecule has 2 aromatic rings. The SMILES string of the molecule is CCOc1ccc(NC(=O)/C(C#N)=C\N(C)c2ccccc2)cc1. The van der Waals surface area contributed by atoms with Gasteiger partial charge >= 0.3 is 0 Å². The first-order chi connectivity index (χ1) is 11.6. The van der Waals surface area contributed by atoms with Crippen LogP contribution in [0.4, 0.5) is 11.4 Å². The molecule has 0 aliphatic heterocycles. The molecule has 24 heavy (non-hydrogen) atoms. The zero-order valence-corrected chi connectivity index (χ0v) is 13.7. The van der Waals surface area contributed by atoms with Crippen LogP contribution in [0.15, 0.2) is 66.4 Å². The molecule has 0 heterocycles. The highest BCUT2D eigenvalue weighted by Crippen LogP contribution is 2.17. The number of para-hydroxylation sites is 1. The van der Waals surface area contributed by atoms with E-state index in [-0.39, 0.29) is 5.57 Å². The van der Waals surface area contributed by atoms with Crippen molar-refractivity contribution in [1.82, 2.24) is 0 Å². The molecule has 0 radical (unpaired) electrons. The van der Waals surface area contributed by atoms with Gasteiger partial charge in [0.1, 0.15) is 17.4 Å². The molecule has 0 unspecified atom stereocenters. The summed E-state index contributed by atoms with van der Waals surface area (Å²) in [4.78, 5) is 14.0. The quantitative estimate of drug-likeness (QED) is 0.652. The van der Waals surface area contributed by atoms with Crippen molar-refractivity contribution in [3.63, 3.8) is 0 Å². The first kappa shape index (κ1) is 17.1. The number of nitrogens with zero attached hydrogens (tertiary/aromatic N) is 2. The lowest BCUT2D eigenvalue weighted by atomic mass is 10.2. The summed E-state index contributed by atoms with van der Waals surface area (Å²) < 4.78 is 5.35. The van der Waals surface area contributed by atoms with E-state index in [0.29, 0.717) is 12.3 Å². The lowest BCUT2D eigenvalue weighted by Crippen LogP contribution is -2.17. The maximum Gasteiger partial charge on any atom is 0.267 e. The highest BCUT2D eigenvalue weighted by molar-refractivity contribution is 6.06. The first-order valence-electron chi connectivity index (χ1n) is 7.58. The topological polar surface area (TPSA) is 65.4 Å². The van der Waals surface area contributed by atoms with E-state index in [1.54, 1.807) is 36.2 Å². The molecular weight excluding hydrogens is 302 g/mol. The first-order valence-corrected chi connectivity index (χ1v) is 7.58. The van der Waals surface area contributed by atoms with Gasteiger partial charge in [0.2, 0.25) is 0 Å². The number of anilines is 2. The molecule has 0 aliphatic carbocycles. The number of carbonyl (C=O) groups is 1. The summed E-state index contributed by atoms with van der Waals surface area (Å²) in [6.07, 6.45) is 1.51. The fourth-order valence-electron chi connectivity index (χ4n) is 2.07. The molecule has 122 valence electrons. The molecule has 0 aliphatic rings. The third-order valence-corrected chi connectivity index (χ3v) is 3.27. The molecule has 0 aromatic heterocycles. The molecule has 1 N–H and O–H groups in total. The summed E-state index contributed by atoms with van der Waals surface area (Å²) in [5.74, 6) is 0.278. The van der Waals surface area contributed by atoms with Gasteiger partial charge in [0, 0.05) is 24.6 Å². The molecule has 0 fully saturated rings. The third-order valence-electron chi connectivity index (χ3n) is 3.27. The lowest BCUT2D eigenvalue weighted by molar-refractivity contribution is -0.112. The van der Waals surface area contributed by atoms with Crippen molar-refractivity contribution in [2.75, 3.05) is 23.9 Å². The van der Waals surface area contributed by atoms with E-state index >= 15 is 0 Å². The van der Waals surface area contributed by atoms with Crippen LogP contribution in [0.1, 0.15) is 6.92 Å². The minimum absolute atomic E-state index is 0.0234. The molecule has 0 saturated heterocycles. The molecule has 5 nitrogen and oxygen atoms in total. The summed E-state index contributed by atoms with van der Waals surface area (Å²) in [6.45, 7) is 2.49. The number of nitrogens with one attached hydrogen (secondary N) is 1. The molecule has 0 spiro atoms. The van der Waals surface area contributed by atoms with Crippen LogP contribution in [0, 0.1) is 11.3 Å². The van der Waals surface area contributed by atoms with Crippen LogP contribution in [0.3, 0.4) is 0 Å². The molecule has 2 rings (SSSR count). The van der Waals surface area contributed by atoms with Crippen molar-refractivity contribution in [3.8, 4) is 11.8 Å². The van der Waals surface area contributed by atoms with Gasteiger partial charge in [0.25, 0.3) is 5.91 Å². The zero-order chi connectivity index (χ0) is 17.4. The van der Waals surface area contributed by atoms with Gasteiger partial charge in [0.15, 0.2) is 0 Å². The Balaban J connectivity index is 2.08. The van der Waals surface area contributed by atoms with Crippen LogP contribution < -0.4 is 15.0 Å². The predicted molar refractivity (Wildman–Crippen MR) is 94.8 cm³/mol. The summed E-state index contributed by atoms with van der Waals surface area (Å²) in [5.41, 5.74) is 1.52. The molecule has 2 aromatic carbocycles. The van der Waals surface area contributed by atoms with E-state index in [1.807, 2.05) is 43.3 Å². The average Bonchev–Trinajstić information content (AvgIpc) is 2.62. The maximum absolute atomic E-state index is 12.3. The summed E-state index contributed by atoms with van der Waals surface area (Å²) in [5, 5.41) is 12.0. The van der Waals surface area contributed by atoms with E-state index in [9.17, 15) is 10.1 Å². The van der Waals surface area contributed by atoms with Gasteiger partial charge < -0.3 is 15.0 Å². The van der Waals surface area contributed by atoms with Gasteiger partial charge in [-0.3, -0.25) is 4.79 Å². The monoisotopic (exact) mass is 321 g/mol. The molecular formula is C19H19N3O2. The Morgan fingerprint density at radius 3 is 2.46 bits per heavy atom. The second kappa shape index (κ2) is 8.39. The van der Waals surface area contributed by atoms with Crippen molar-refractivity contribution in [2.24, 2.45) is 0 Å². The van der Waals surface area contributed by atoms with Crippen LogP contribution in [-0.4, -0.2) is 19.6 Å². The second-order valence-electron chi connectivity index (χ2n) is 5.01. The van der Waals surface area contributed by atoms with Crippen molar-refractivity contribution >= 4 is 17.3 Å². The highest BCUT2D eigenvalue weighted by atomic mass is 16.5. The number of amides is 1. The Hall–Kier alpha value is -3.26. The fraction of sp³-hybridized carbons (Fsp3) is 0.158. The fourth-order valence-corrected chi connectivity index (χ4v) is 2.07. The summed E-state index contributed by atoms with van der Waals surface area (Å²) >= 11 is 0. The zero-order valence-electron chi connectivity index (χ0n) is 13.7. The van der Waals surface area contributed by atoms with E-state index in [1.165, 1.54) is 6.20 Å². The Bertz CT molecular complexity index is 746. The molecule has 0 atom stereocenters. The Morgan fingerprint density at radius 1 is 1.21 bits per heavy atom. The van der Waals surface area contributed by atoms with E-state index in [0.717, 1.165) is 11.4 Å². The van der Waals surface area contributed by atoms with Crippen molar-refractivity contribution in [3.05, 3.63) is 66.4 Å². The van der Waals surface area contributed by atoms with Crippen LogP contribution in [0.25, 0.3) is 0 Å². The number of nitriles is 1. The second-order valence-corrected chi connectivity index (χ2v) is 5.01. The van der Waals surface area contributed by atoms with Gasteiger partial charge in [-0.05, 0) is 43.3 Å². The van der Waals surface area contributed by atoms with E-state index < -0.39 is 5.91 Å². The number of rotatable bonds is 6. The van der Waals surface area contributed by atoms with Gasteiger partial charge in [-0.25, -0.2) is 0 Å². The Kier molecular flexibility index (Phi) is 5.98. The third kappa shape index (κ3) is 4.62. The molecule has 0 saturated carbocycles. The maximum atomic E-state index is 12.3. The van der Waals surface area contributed by atoms with Crippen molar-refractivity contribution in [1.29, 1.82) is 5.26 Å².